The molecule has 2 N–H and O–H groups in total. The second kappa shape index (κ2) is 7.53. The highest BCUT2D eigenvalue weighted by Gasteiger charge is 2.32. The number of rotatable bonds is 6. The van der Waals surface area contributed by atoms with Crippen molar-refractivity contribution in [3.05, 3.63) is 0 Å². The van der Waals surface area contributed by atoms with E-state index in [1.54, 1.807) is 0 Å². The minimum Gasteiger partial charge on any atom is -0.356 e. The third-order valence-corrected chi connectivity index (χ3v) is 3.79. The Balaban J connectivity index is 0.00000162. The third-order valence-electron chi connectivity index (χ3n) is 3.79. The second-order valence-corrected chi connectivity index (χ2v) is 5.65. The number of aliphatic imine (C=N–C) groups is 1. The molecule has 0 aromatic heterocycles. The molecule has 2 rings (SSSR count). The SMILES string of the molecule is CN=C(NCC1CC1)NCC(C1CC1)N(C)C.I. The monoisotopic (exact) mass is 366 g/mol. The van der Waals surface area contributed by atoms with Crippen LogP contribution in [0.5, 0.6) is 0 Å². The molecule has 0 aromatic rings. The molecule has 0 spiro atoms. The van der Waals surface area contributed by atoms with Crippen molar-refractivity contribution in [3.63, 3.8) is 0 Å². The van der Waals surface area contributed by atoms with Crippen LogP contribution in [-0.4, -0.2) is 51.1 Å². The average Bonchev–Trinajstić information content (AvgIpc) is 3.15. The number of nitrogens with zero attached hydrogens (tertiary/aromatic N) is 2. The van der Waals surface area contributed by atoms with Crippen molar-refractivity contribution >= 4 is 29.9 Å². The molecule has 0 aromatic carbocycles. The predicted molar refractivity (Wildman–Crippen MR) is 87.7 cm³/mol. The van der Waals surface area contributed by atoms with Crippen LogP contribution >= 0.6 is 24.0 Å². The molecule has 2 fully saturated rings. The topological polar surface area (TPSA) is 39.7 Å². The Morgan fingerprint density at radius 3 is 2.33 bits per heavy atom. The summed E-state index contributed by atoms with van der Waals surface area (Å²) in [6.45, 7) is 2.08. The van der Waals surface area contributed by atoms with E-state index in [2.05, 4.69) is 34.6 Å². The van der Waals surface area contributed by atoms with Crippen LogP contribution in [0.2, 0.25) is 0 Å². The van der Waals surface area contributed by atoms with Gasteiger partial charge in [0.15, 0.2) is 5.96 Å². The normalized spacial score (nSPS) is 21.4. The first-order chi connectivity index (χ1) is 8.20. The molecule has 1 atom stereocenters. The van der Waals surface area contributed by atoms with Crippen molar-refractivity contribution in [2.75, 3.05) is 34.2 Å². The van der Waals surface area contributed by atoms with Gasteiger partial charge >= 0.3 is 0 Å². The lowest BCUT2D eigenvalue weighted by molar-refractivity contribution is 0.264. The van der Waals surface area contributed by atoms with Gasteiger partial charge < -0.3 is 15.5 Å². The summed E-state index contributed by atoms with van der Waals surface area (Å²) in [5.74, 6) is 2.74. The number of hydrogen-bond acceptors (Lipinski definition) is 2. The number of nitrogens with one attached hydrogen (secondary N) is 2. The molecule has 4 nitrogen and oxygen atoms in total. The Morgan fingerprint density at radius 2 is 1.89 bits per heavy atom. The molecule has 5 heteroatoms. The fourth-order valence-electron chi connectivity index (χ4n) is 2.24. The summed E-state index contributed by atoms with van der Waals surface area (Å²) in [7, 11) is 6.19. The second-order valence-electron chi connectivity index (χ2n) is 5.65. The Kier molecular flexibility index (Phi) is 6.70. The fraction of sp³-hybridized carbons (Fsp3) is 0.923. The molecule has 18 heavy (non-hydrogen) atoms. The smallest absolute Gasteiger partial charge is 0.191 e. The van der Waals surface area contributed by atoms with Crippen LogP contribution in [-0.2, 0) is 0 Å². The third kappa shape index (κ3) is 5.30. The van der Waals surface area contributed by atoms with Crippen LogP contribution in [0, 0.1) is 11.8 Å². The Bertz CT molecular complexity index is 270. The first-order valence-electron chi connectivity index (χ1n) is 6.81. The molecule has 2 aliphatic carbocycles. The lowest BCUT2D eigenvalue weighted by atomic mass is 10.1. The van der Waals surface area contributed by atoms with E-state index in [-0.39, 0.29) is 24.0 Å². The van der Waals surface area contributed by atoms with E-state index in [0.29, 0.717) is 6.04 Å². The molecule has 2 saturated carbocycles. The van der Waals surface area contributed by atoms with Gasteiger partial charge in [-0.15, -0.1) is 24.0 Å². The minimum atomic E-state index is 0. The van der Waals surface area contributed by atoms with Crippen molar-refractivity contribution in [2.45, 2.75) is 31.7 Å². The van der Waals surface area contributed by atoms with E-state index in [1.165, 1.54) is 25.7 Å². The van der Waals surface area contributed by atoms with Gasteiger partial charge in [-0.1, -0.05) is 0 Å². The summed E-state index contributed by atoms with van der Waals surface area (Å²) in [4.78, 5) is 6.61. The Hall–Kier alpha value is -0.0400. The minimum absolute atomic E-state index is 0. The van der Waals surface area contributed by atoms with Gasteiger partial charge in [-0.2, -0.15) is 0 Å². The van der Waals surface area contributed by atoms with Crippen molar-refractivity contribution < 1.29 is 0 Å². The predicted octanol–water partition coefficient (Wildman–Crippen LogP) is 1.52. The van der Waals surface area contributed by atoms with E-state index in [0.717, 1.165) is 30.9 Å². The molecule has 2 aliphatic rings. The zero-order valence-electron chi connectivity index (χ0n) is 11.8. The summed E-state index contributed by atoms with van der Waals surface area (Å²) in [6, 6.07) is 0.648. The summed E-state index contributed by atoms with van der Waals surface area (Å²) in [5.41, 5.74) is 0. The molecular weight excluding hydrogens is 339 g/mol. The van der Waals surface area contributed by atoms with Gasteiger partial charge in [0, 0.05) is 26.2 Å². The van der Waals surface area contributed by atoms with E-state index in [9.17, 15) is 0 Å². The summed E-state index contributed by atoms with van der Waals surface area (Å²) in [6.07, 6.45) is 5.54. The summed E-state index contributed by atoms with van der Waals surface area (Å²) >= 11 is 0. The van der Waals surface area contributed by atoms with Gasteiger partial charge in [-0.25, -0.2) is 0 Å². The number of likely N-dealkylation sites (N-methyl/N-ethyl adjacent to an activating group) is 1. The van der Waals surface area contributed by atoms with E-state index in [4.69, 9.17) is 0 Å². The molecule has 0 amide bonds. The highest BCUT2D eigenvalue weighted by Crippen LogP contribution is 2.34. The maximum Gasteiger partial charge on any atom is 0.191 e. The lowest BCUT2D eigenvalue weighted by Crippen LogP contribution is -2.46. The summed E-state index contributed by atoms with van der Waals surface area (Å²) < 4.78 is 0. The highest BCUT2D eigenvalue weighted by atomic mass is 127. The van der Waals surface area contributed by atoms with Gasteiger partial charge in [0.25, 0.3) is 0 Å². The van der Waals surface area contributed by atoms with Crippen LogP contribution in [0.3, 0.4) is 0 Å². The quantitative estimate of drug-likeness (QED) is 0.426. The largest absolute Gasteiger partial charge is 0.356 e. The Morgan fingerprint density at radius 1 is 1.22 bits per heavy atom. The van der Waals surface area contributed by atoms with Gasteiger partial charge in [0.05, 0.1) is 0 Å². The molecular formula is C13H27IN4. The molecule has 0 radical (unpaired) electrons. The number of guanidine groups is 1. The van der Waals surface area contributed by atoms with Crippen LogP contribution in [0.15, 0.2) is 4.99 Å². The van der Waals surface area contributed by atoms with Crippen molar-refractivity contribution in [3.8, 4) is 0 Å². The zero-order valence-corrected chi connectivity index (χ0v) is 14.1. The van der Waals surface area contributed by atoms with Crippen LogP contribution in [0.25, 0.3) is 0 Å². The Labute approximate surface area is 128 Å². The van der Waals surface area contributed by atoms with Crippen molar-refractivity contribution in [1.82, 2.24) is 15.5 Å². The number of halogens is 1. The van der Waals surface area contributed by atoms with Gasteiger partial charge in [0.1, 0.15) is 0 Å². The first-order valence-corrected chi connectivity index (χ1v) is 6.81. The molecule has 0 saturated heterocycles. The maximum atomic E-state index is 4.27. The standard InChI is InChI=1S/C13H26N4.HI/c1-14-13(15-8-10-4-5-10)16-9-12(17(2)3)11-6-7-11;/h10-12H,4-9H2,1-3H3,(H2,14,15,16);1H. The van der Waals surface area contributed by atoms with Gasteiger partial charge in [0.2, 0.25) is 0 Å². The molecule has 106 valence electrons. The maximum absolute atomic E-state index is 4.27. The lowest BCUT2D eigenvalue weighted by Gasteiger charge is -2.25. The first kappa shape index (κ1) is 16.0. The van der Waals surface area contributed by atoms with Crippen LogP contribution in [0.4, 0.5) is 0 Å². The summed E-state index contributed by atoms with van der Waals surface area (Å²) in [5, 5.41) is 6.86. The molecule has 0 bridgehead atoms. The van der Waals surface area contributed by atoms with Crippen molar-refractivity contribution in [2.24, 2.45) is 16.8 Å². The van der Waals surface area contributed by atoms with Crippen molar-refractivity contribution in [1.29, 1.82) is 0 Å². The van der Waals surface area contributed by atoms with Gasteiger partial charge in [-0.3, -0.25) is 4.99 Å². The van der Waals surface area contributed by atoms with E-state index >= 15 is 0 Å². The van der Waals surface area contributed by atoms with Gasteiger partial charge in [-0.05, 0) is 51.6 Å². The van der Waals surface area contributed by atoms with E-state index in [1.807, 2.05) is 7.05 Å². The fourth-order valence-corrected chi connectivity index (χ4v) is 2.24. The van der Waals surface area contributed by atoms with Crippen LogP contribution < -0.4 is 10.6 Å². The molecule has 0 heterocycles. The zero-order chi connectivity index (χ0) is 12.3. The molecule has 0 aliphatic heterocycles. The highest BCUT2D eigenvalue weighted by molar-refractivity contribution is 14.0. The molecule has 1 unspecified atom stereocenters. The number of hydrogen-bond donors (Lipinski definition) is 2. The van der Waals surface area contributed by atoms with Crippen LogP contribution in [0.1, 0.15) is 25.7 Å². The average molecular weight is 366 g/mol. The van der Waals surface area contributed by atoms with E-state index < -0.39 is 0 Å².